The lowest BCUT2D eigenvalue weighted by molar-refractivity contribution is 0.485. The fraction of sp³-hybridized carbons (Fsp3) is 0.667. The standard InChI is InChI=1S/C6H12BO2P/c1-10(8,9)6-4-2-3-5-7/h2-3H,4-6H2,1H3,(H,8,9)/b3-2+. The van der Waals surface area contributed by atoms with Gasteiger partial charge in [-0.2, -0.15) is 0 Å². The number of rotatable bonds is 4. The van der Waals surface area contributed by atoms with E-state index in [4.69, 9.17) is 12.7 Å². The van der Waals surface area contributed by atoms with Crippen molar-refractivity contribution in [1.29, 1.82) is 0 Å². The second kappa shape index (κ2) is 4.76. The number of hydrogen-bond donors (Lipinski definition) is 1. The zero-order chi connectivity index (χ0) is 8.04. The molecule has 0 aliphatic heterocycles. The van der Waals surface area contributed by atoms with Gasteiger partial charge in [0.2, 0.25) is 0 Å². The van der Waals surface area contributed by atoms with Gasteiger partial charge in [-0.25, -0.2) is 0 Å². The largest absolute Gasteiger partial charge is 0.344 e. The molecule has 10 heavy (non-hydrogen) atoms. The molecule has 0 aliphatic carbocycles. The van der Waals surface area contributed by atoms with Crippen LogP contribution in [0.25, 0.3) is 0 Å². The highest BCUT2D eigenvalue weighted by Crippen LogP contribution is 2.35. The first kappa shape index (κ1) is 9.99. The van der Waals surface area contributed by atoms with Crippen molar-refractivity contribution in [2.24, 2.45) is 0 Å². The van der Waals surface area contributed by atoms with Crippen LogP contribution in [0.2, 0.25) is 6.32 Å². The maximum atomic E-state index is 10.7. The van der Waals surface area contributed by atoms with Gasteiger partial charge in [0.15, 0.2) is 7.37 Å². The average molecular weight is 158 g/mol. The fourth-order valence-corrected chi connectivity index (χ4v) is 1.16. The summed E-state index contributed by atoms with van der Waals surface area (Å²) in [7, 11) is 2.36. The molecule has 0 spiro atoms. The van der Waals surface area contributed by atoms with Crippen molar-refractivity contribution in [2.75, 3.05) is 12.8 Å². The van der Waals surface area contributed by atoms with Gasteiger partial charge in [0.05, 0.1) is 7.85 Å². The maximum Gasteiger partial charge on any atom is 0.197 e. The molecule has 0 aromatic heterocycles. The van der Waals surface area contributed by atoms with E-state index in [1.54, 1.807) is 6.08 Å². The molecule has 2 radical (unpaired) electrons. The van der Waals surface area contributed by atoms with Crippen LogP contribution in [-0.2, 0) is 4.57 Å². The molecule has 1 atom stereocenters. The van der Waals surface area contributed by atoms with E-state index in [0.29, 0.717) is 18.9 Å². The Bertz CT molecular complexity index is 150. The molecule has 4 heteroatoms. The Morgan fingerprint density at radius 3 is 2.60 bits per heavy atom. The van der Waals surface area contributed by atoms with Gasteiger partial charge in [0.25, 0.3) is 0 Å². The quantitative estimate of drug-likeness (QED) is 0.381. The molecule has 0 aromatic carbocycles. The summed E-state index contributed by atoms with van der Waals surface area (Å²) in [5, 5.41) is 0. The normalized spacial score (nSPS) is 17.4. The summed E-state index contributed by atoms with van der Waals surface area (Å²) in [5.41, 5.74) is 0. The highest BCUT2D eigenvalue weighted by atomic mass is 31.2. The molecule has 0 amide bonds. The van der Waals surface area contributed by atoms with Crippen LogP contribution in [0.5, 0.6) is 0 Å². The minimum absolute atomic E-state index is 0.351. The summed E-state index contributed by atoms with van der Waals surface area (Å²) >= 11 is 0. The molecule has 2 nitrogen and oxygen atoms in total. The topological polar surface area (TPSA) is 37.3 Å². The Morgan fingerprint density at radius 2 is 2.20 bits per heavy atom. The lowest BCUT2D eigenvalue weighted by atomic mass is 10.1. The van der Waals surface area contributed by atoms with Crippen molar-refractivity contribution in [3.05, 3.63) is 12.2 Å². The third kappa shape index (κ3) is 7.99. The molecule has 0 aliphatic rings. The Balaban J connectivity index is 3.38. The lowest BCUT2D eigenvalue weighted by Gasteiger charge is -1.99. The van der Waals surface area contributed by atoms with E-state index in [2.05, 4.69) is 0 Å². The molecule has 0 bridgehead atoms. The molecule has 0 rings (SSSR count). The second-order valence-electron chi connectivity index (χ2n) is 2.27. The Morgan fingerprint density at radius 1 is 1.60 bits per heavy atom. The molecule has 0 fully saturated rings. The third-order valence-corrected chi connectivity index (χ3v) is 2.10. The van der Waals surface area contributed by atoms with E-state index >= 15 is 0 Å². The van der Waals surface area contributed by atoms with Gasteiger partial charge in [-0.3, -0.25) is 4.57 Å². The lowest BCUT2D eigenvalue weighted by Crippen LogP contribution is -1.83. The summed E-state index contributed by atoms with van der Waals surface area (Å²) in [6.45, 7) is 1.36. The number of hydrogen-bond acceptors (Lipinski definition) is 1. The highest BCUT2D eigenvalue weighted by molar-refractivity contribution is 7.57. The van der Waals surface area contributed by atoms with E-state index < -0.39 is 7.37 Å². The van der Waals surface area contributed by atoms with E-state index in [-0.39, 0.29) is 0 Å². The predicted octanol–water partition coefficient (Wildman–Crippen LogP) is 1.42. The van der Waals surface area contributed by atoms with Gasteiger partial charge in [-0.1, -0.05) is 18.5 Å². The first-order chi connectivity index (χ1) is 4.56. The monoisotopic (exact) mass is 158 g/mol. The molecule has 56 valence electrons. The maximum absolute atomic E-state index is 10.7. The van der Waals surface area contributed by atoms with Crippen LogP contribution in [0, 0.1) is 0 Å². The summed E-state index contributed by atoms with van der Waals surface area (Å²) < 4.78 is 10.7. The van der Waals surface area contributed by atoms with Crippen LogP contribution in [-0.4, -0.2) is 25.6 Å². The van der Waals surface area contributed by atoms with Crippen LogP contribution in [0.4, 0.5) is 0 Å². The SMILES string of the molecule is [B]C/C=C/CCP(C)(=O)O. The molecule has 0 heterocycles. The van der Waals surface area contributed by atoms with Gasteiger partial charge >= 0.3 is 0 Å². The summed E-state index contributed by atoms with van der Waals surface area (Å²) in [6, 6.07) is 0. The van der Waals surface area contributed by atoms with Gasteiger partial charge in [0, 0.05) is 12.8 Å². The van der Waals surface area contributed by atoms with Gasteiger partial charge in [-0.15, -0.1) is 0 Å². The zero-order valence-corrected chi connectivity index (χ0v) is 7.05. The minimum atomic E-state index is -2.80. The molecule has 0 saturated carbocycles. The highest BCUT2D eigenvalue weighted by Gasteiger charge is 2.05. The molecule has 0 aromatic rings. The average Bonchev–Trinajstić information content (AvgIpc) is 1.78. The van der Waals surface area contributed by atoms with Gasteiger partial charge in [0.1, 0.15) is 0 Å². The van der Waals surface area contributed by atoms with Crippen LogP contribution >= 0.6 is 7.37 Å². The first-order valence-electron chi connectivity index (χ1n) is 3.20. The summed E-state index contributed by atoms with van der Waals surface area (Å²) in [4.78, 5) is 8.81. The smallest absolute Gasteiger partial charge is 0.197 e. The van der Waals surface area contributed by atoms with Crippen molar-refractivity contribution in [2.45, 2.75) is 12.7 Å². The molecule has 0 saturated heterocycles. The minimum Gasteiger partial charge on any atom is -0.344 e. The van der Waals surface area contributed by atoms with Crippen LogP contribution in [0.3, 0.4) is 0 Å². The summed E-state index contributed by atoms with van der Waals surface area (Å²) in [6.07, 6.45) is 5.10. The van der Waals surface area contributed by atoms with Crippen molar-refractivity contribution >= 4 is 15.2 Å². The second-order valence-corrected chi connectivity index (χ2v) is 4.82. The third-order valence-electron chi connectivity index (χ3n) is 1.01. The zero-order valence-electron chi connectivity index (χ0n) is 6.16. The van der Waals surface area contributed by atoms with E-state index in [9.17, 15) is 4.57 Å². The van der Waals surface area contributed by atoms with E-state index in [1.165, 1.54) is 6.66 Å². The Hall–Kier alpha value is -0.00506. The van der Waals surface area contributed by atoms with Crippen molar-refractivity contribution in [3.8, 4) is 0 Å². The Kier molecular flexibility index (Phi) is 4.75. The molecular weight excluding hydrogens is 146 g/mol. The van der Waals surface area contributed by atoms with Crippen molar-refractivity contribution in [3.63, 3.8) is 0 Å². The van der Waals surface area contributed by atoms with Crippen LogP contribution in [0.1, 0.15) is 6.42 Å². The number of allylic oxidation sites excluding steroid dienone is 2. The van der Waals surface area contributed by atoms with E-state index in [0.717, 1.165) is 0 Å². The Labute approximate surface area is 63.2 Å². The van der Waals surface area contributed by atoms with Crippen molar-refractivity contribution < 1.29 is 9.46 Å². The van der Waals surface area contributed by atoms with Gasteiger partial charge in [-0.05, 0) is 6.42 Å². The molecule has 1 unspecified atom stereocenters. The van der Waals surface area contributed by atoms with Crippen LogP contribution < -0.4 is 0 Å². The fourth-order valence-electron chi connectivity index (χ4n) is 0.528. The molecule has 1 N–H and O–H groups in total. The first-order valence-corrected chi connectivity index (χ1v) is 5.50. The van der Waals surface area contributed by atoms with Crippen LogP contribution in [0.15, 0.2) is 12.2 Å². The van der Waals surface area contributed by atoms with Gasteiger partial charge < -0.3 is 4.89 Å². The predicted molar refractivity (Wildman–Crippen MR) is 44.9 cm³/mol. The van der Waals surface area contributed by atoms with Crippen molar-refractivity contribution in [1.82, 2.24) is 0 Å². The molecular formula is C6H12BO2P. The summed E-state index contributed by atoms with van der Waals surface area (Å²) in [5.74, 6) is 0. The van der Waals surface area contributed by atoms with E-state index in [1.807, 2.05) is 6.08 Å².